The van der Waals surface area contributed by atoms with Gasteiger partial charge < -0.3 is 10.2 Å². The predicted molar refractivity (Wildman–Crippen MR) is 82.2 cm³/mol. The Labute approximate surface area is 129 Å². The van der Waals surface area contributed by atoms with Gasteiger partial charge in [0.25, 0.3) is 5.91 Å². The van der Waals surface area contributed by atoms with Gasteiger partial charge >= 0.3 is 0 Å². The van der Waals surface area contributed by atoms with Gasteiger partial charge in [-0.15, -0.1) is 10.2 Å². The Hall–Kier alpha value is -2.44. The first-order chi connectivity index (χ1) is 10.5. The molecule has 0 bridgehead atoms. The molecule has 1 amide bonds. The Morgan fingerprint density at radius 2 is 2.09 bits per heavy atom. The Balaban J connectivity index is 2.16. The molecule has 1 atom stereocenters. The number of amides is 1. The van der Waals surface area contributed by atoms with Crippen molar-refractivity contribution in [3.8, 4) is 0 Å². The Bertz CT molecular complexity index is 670. The van der Waals surface area contributed by atoms with E-state index in [1.807, 2.05) is 18.9 Å². The number of benzene rings is 1. The third kappa shape index (κ3) is 3.08. The second kappa shape index (κ2) is 6.55. The summed E-state index contributed by atoms with van der Waals surface area (Å²) < 4.78 is 15.4. The van der Waals surface area contributed by atoms with Crippen LogP contribution in [-0.2, 0) is 7.05 Å². The van der Waals surface area contributed by atoms with Crippen molar-refractivity contribution in [2.24, 2.45) is 7.05 Å². The van der Waals surface area contributed by atoms with E-state index in [1.165, 1.54) is 6.07 Å². The highest BCUT2D eigenvalue weighted by atomic mass is 19.1. The van der Waals surface area contributed by atoms with Crippen molar-refractivity contribution in [3.05, 3.63) is 41.5 Å². The topological polar surface area (TPSA) is 63.1 Å². The van der Waals surface area contributed by atoms with E-state index in [0.717, 1.165) is 6.54 Å². The van der Waals surface area contributed by atoms with Gasteiger partial charge in [0, 0.05) is 26.2 Å². The summed E-state index contributed by atoms with van der Waals surface area (Å²) in [7, 11) is 3.60. The molecule has 0 aliphatic rings. The molecule has 0 aliphatic carbocycles. The SMILES string of the molecule is CCN(C)c1nnc(C(=O)NC(C)c2ccccc2F)n1C. The summed E-state index contributed by atoms with van der Waals surface area (Å²) in [4.78, 5) is 14.2. The number of hydrogen-bond acceptors (Lipinski definition) is 4. The van der Waals surface area contributed by atoms with Crippen LogP contribution < -0.4 is 10.2 Å². The van der Waals surface area contributed by atoms with Gasteiger partial charge in [0.05, 0.1) is 6.04 Å². The fourth-order valence-electron chi connectivity index (χ4n) is 2.16. The molecule has 6 nitrogen and oxygen atoms in total. The normalized spacial score (nSPS) is 12.0. The molecule has 1 unspecified atom stereocenters. The molecule has 1 aromatic carbocycles. The minimum absolute atomic E-state index is 0.193. The summed E-state index contributed by atoms with van der Waals surface area (Å²) in [6, 6.07) is 5.90. The average molecular weight is 305 g/mol. The van der Waals surface area contributed by atoms with Gasteiger partial charge in [0.1, 0.15) is 5.82 Å². The zero-order chi connectivity index (χ0) is 16.3. The fourth-order valence-corrected chi connectivity index (χ4v) is 2.16. The van der Waals surface area contributed by atoms with Crippen LogP contribution in [0.5, 0.6) is 0 Å². The summed E-state index contributed by atoms with van der Waals surface area (Å²) in [5.41, 5.74) is 0.434. The minimum Gasteiger partial charge on any atom is -0.344 e. The standard InChI is InChI=1S/C15H20FN5O/c1-5-20(3)15-19-18-13(21(15)4)14(22)17-10(2)11-8-6-7-9-12(11)16/h6-10H,5H2,1-4H3,(H,17,22). The van der Waals surface area contributed by atoms with Crippen LogP contribution in [0.1, 0.15) is 36.1 Å². The van der Waals surface area contributed by atoms with Gasteiger partial charge in [0.15, 0.2) is 0 Å². The van der Waals surface area contributed by atoms with Gasteiger partial charge in [-0.25, -0.2) is 4.39 Å². The highest BCUT2D eigenvalue weighted by Crippen LogP contribution is 2.17. The molecule has 0 fully saturated rings. The molecular formula is C15H20FN5O. The number of rotatable bonds is 5. The molecule has 22 heavy (non-hydrogen) atoms. The fraction of sp³-hybridized carbons (Fsp3) is 0.400. The first-order valence-electron chi connectivity index (χ1n) is 7.11. The van der Waals surface area contributed by atoms with E-state index in [1.54, 1.807) is 36.7 Å². The van der Waals surface area contributed by atoms with E-state index in [0.29, 0.717) is 11.5 Å². The summed E-state index contributed by atoms with van der Waals surface area (Å²) in [5.74, 6) is 0.0610. The molecule has 0 spiro atoms. The molecule has 0 saturated carbocycles. The van der Waals surface area contributed by atoms with Crippen molar-refractivity contribution in [2.45, 2.75) is 19.9 Å². The Morgan fingerprint density at radius 1 is 1.41 bits per heavy atom. The van der Waals surface area contributed by atoms with Crippen molar-refractivity contribution in [1.29, 1.82) is 0 Å². The monoisotopic (exact) mass is 305 g/mol. The number of halogens is 1. The van der Waals surface area contributed by atoms with Crippen LogP contribution in [0.4, 0.5) is 10.3 Å². The highest BCUT2D eigenvalue weighted by Gasteiger charge is 2.20. The van der Waals surface area contributed by atoms with Crippen LogP contribution >= 0.6 is 0 Å². The van der Waals surface area contributed by atoms with Gasteiger partial charge in [-0.05, 0) is 19.9 Å². The number of hydrogen-bond donors (Lipinski definition) is 1. The highest BCUT2D eigenvalue weighted by molar-refractivity contribution is 5.91. The van der Waals surface area contributed by atoms with Gasteiger partial charge in [-0.3, -0.25) is 9.36 Å². The van der Waals surface area contributed by atoms with Crippen LogP contribution in [0.2, 0.25) is 0 Å². The van der Waals surface area contributed by atoms with Crippen molar-refractivity contribution in [3.63, 3.8) is 0 Å². The van der Waals surface area contributed by atoms with Crippen molar-refractivity contribution >= 4 is 11.9 Å². The molecule has 1 aromatic heterocycles. The minimum atomic E-state index is -0.460. The van der Waals surface area contributed by atoms with E-state index in [2.05, 4.69) is 15.5 Å². The van der Waals surface area contributed by atoms with E-state index in [4.69, 9.17) is 0 Å². The van der Waals surface area contributed by atoms with Gasteiger partial charge in [-0.1, -0.05) is 18.2 Å². The van der Waals surface area contributed by atoms with Gasteiger partial charge in [-0.2, -0.15) is 0 Å². The van der Waals surface area contributed by atoms with Crippen molar-refractivity contribution in [1.82, 2.24) is 20.1 Å². The van der Waals surface area contributed by atoms with Crippen molar-refractivity contribution in [2.75, 3.05) is 18.5 Å². The molecule has 1 heterocycles. The lowest BCUT2D eigenvalue weighted by molar-refractivity contribution is 0.0925. The van der Waals surface area contributed by atoms with E-state index in [9.17, 15) is 9.18 Å². The molecule has 2 aromatic rings. The summed E-state index contributed by atoms with van der Waals surface area (Å²) >= 11 is 0. The zero-order valence-electron chi connectivity index (χ0n) is 13.2. The first-order valence-corrected chi connectivity index (χ1v) is 7.11. The Morgan fingerprint density at radius 3 is 2.73 bits per heavy atom. The number of carbonyl (C=O) groups is 1. The molecule has 118 valence electrons. The lowest BCUT2D eigenvalue weighted by Crippen LogP contribution is -2.30. The molecule has 0 aliphatic heterocycles. The maximum Gasteiger partial charge on any atom is 0.289 e. The quantitative estimate of drug-likeness (QED) is 0.916. The third-order valence-electron chi connectivity index (χ3n) is 3.59. The number of anilines is 1. The summed E-state index contributed by atoms with van der Waals surface area (Å²) in [6.45, 7) is 4.46. The number of nitrogens with zero attached hydrogens (tertiary/aromatic N) is 4. The molecule has 7 heteroatoms. The summed E-state index contributed by atoms with van der Waals surface area (Å²) in [5, 5.41) is 10.7. The smallest absolute Gasteiger partial charge is 0.289 e. The van der Waals surface area contributed by atoms with Crippen LogP contribution in [-0.4, -0.2) is 34.3 Å². The number of carbonyl (C=O) groups excluding carboxylic acids is 1. The average Bonchev–Trinajstić information content (AvgIpc) is 2.88. The summed E-state index contributed by atoms with van der Waals surface area (Å²) in [6.07, 6.45) is 0. The zero-order valence-corrected chi connectivity index (χ0v) is 13.2. The molecule has 2 rings (SSSR count). The van der Waals surface area contributed by atoms with Crippen molar-refractivity contribution < 1.29 is 9.18 Å². The Kier molecular flexibility index (Phi) is 4.75. The number of aromatic nitrogens is 3. The molecule has 0 saturated heterocycles. The molecule has 0 radical (unpaired) electrons. The molecular weight excluding hydrogens is 285 g/mol. The van der Waals surface area contributed by atoms with Crippen LogP contribution in [0.15, 0.2) is 24.3 Å². The lowest BCUT2D eigenvalue weighted by atomic mass is 10.1. The second-order valence-electron chi connectivity index (χ2n) is 5.11. The maximum atomic E-state index is 13.7. The van der Waals surface area contributed by atoms with E-state index >= 15 is 0 Å². The second-order valence-corrected chi connectivity index (χ2v) is 5.11. The van der Waals surface area contributed by atoms with Gasteiger partial charge in [0.2, 0.25) is 11.8 Å². The van der Waals surface area contributed by atoms with Crippen LogP contribution in [0, 0.1) is 5.82 Å². The molecule has 1 N–H and O–H groups in total. The third-order valence-corrected chi connectivity index (χ3v) is 3.59. The van der Waals surface area contributed by atoms with E-state index < -0.39 is 6.04 Å². The van der Waals surface area contributed by atoms with Crippen LogP contribution in [0.3, 0.4) is 0 Å². The van der Waals surface area contributed by atoms with Crippen LogP contribution in [0.25, 0.3) is 0 Å². The first kappa shape index (κ1) is 15.9. The predicted octanol–water partition coefficient (Wildman–Crippen LogP) is 1.90. The maximum absolute atomic E-state index is 13.7. The lowest BCUT2D eigenvalue weighted by Gasteiger charge is -2.16. The van der Waals surface area contributed by atoms with E-state index in [-0.39, 0.29) is 17.5 Å². The largest absolute Gasteiger partial charge is 0.344 e. The number of nitrogens with one attached hydrogen (secondary N) is 1.